The molecule has 0 radical (unpaired) electrons. The first-order chi connectivity index (χ1) is 9.19. The molecule has 1 saturated carbocycles. The molecular formula is C13H13ClIN3S. The molecule has 0 atom stereocenters. The number of rotatable bonds is 4. The van der Waals surface area contributed by atoms with Gasteiger partial charge in [-0.2, -0.15) is 0 Å². The first-order valence-electron chi connectivity index (χ1n) is 6.24. The fourth-order valence-electron chi connectivity index (χ4n) is 1.92. The lowest BCUT2D eigenvalue weighted by Gasteiger charge is -2.11. The summed E-state index contributed by atoms with van der Waals surface area (Å²) in [6.45, 7) is 2.94. The average molecular weight is 406 g/mol. The van der Waals surface area contributed by atoms with Crippen LogP contribution in [-0.2, 0) is 0 Å². The highest BCUT2D eigenvalue weighted by atomic mass is 127. The van der Waals surface area contributed by atoms with Crippen LogP contribution in [0.4, 0.5) is 5.82 Å². The molecule has 3 rings (SSSR count). The minimum Gasteiger partial charge on any atom is -0.369 e. The fourth-order valence-corrected chi connectivity index (χ4v) is 3.80. The summed E-state index contributed by atoms with van der Waals surface area (Å²) in [5.41, 5.74) is 1.19. The third-order valence-corrected chi connectivity index (χ3v) is 5.31. The van der Waals surface area contributed by atoms with Crippen molar-refractivity contribution in [3.8, 4) is 10.7 Å². The standard InChI is InChI=1S/C13H13ClIN3S/c1-2-16-13-10(15)11(7-3-4-7)17-12(18-13)9-5-8(14)6-19-9/h5-7H,2-4H2,1H3,(H,16,17,18). The topological polar surface area (TPSA) is 37.8 Å². The summed E-state index contributed by atoms with van der Waals surface area (Å²) >= 11 is 9.93. The second-order valence-electron chi connectivity index (χ2n) is 4.53. The number of halogens is 2. The summed E-state index contributed by atoms with van der Waals surface area (Å²) in [4.78, 5) is 10.4. The van der Waals surface area contributed by atoms with Crippen molar-refractivity contribution in [1.82, 2.24) is 9.97 Å². The Morgan fingerprint density at radius 2 is 2.26 bits per heavy atom. The fraction of sp³-hybridized carbons (Fsp3) is 0.385. The quantitative estimate of drug-likeness (QED) is 0.744. The maximum atomic E-state index is 5.99. The second kappa shape index (κ2) is 5.54. The molecule has 0 unspecified atom stereocenters. The van der Waals surface area contributed by atoms with Crippen LogP contribution in [0.5, 0.6) is 0 Å². The van der Waals surface area contributed by atoms with Crippen molar-refractivity contribution in [2.75, 3.05) is 11.9 Å². The van der Waals surface area contributed by atoms with Crippen LogP contribution in [0.1, 0.15) is 31.4 Å². The number of hydrogen-bond acceptors (Lipinski definition) is 4. The van der Waals surface area contributed by atoms with E-state index in [0.29, 0.717) is 5.92 Å². The van der Waals surface area contributed by atoms with Gasteiger partial charge in [0.25, 0.3) is 0 Å². The Morgan fingerprint density at radius 3 is 2.84 bits per heavy atom. The Balaban J connectivity index is 2.08. The highest BCUT2D eigenvalue weighted by molar-refractivity contribution is 14.1. The van der Waals surface area contributed by atoms with E-state index in [1.807, 2.05) is 11.4 Å². The van der Waals surface area contributed by atoms with Gasteiger partial charge in [-0.05, 0) is 48.4 Å². The molecule has 0 amide bonds. The van der Waals surface area contributed by atoms with Crippen molar-refractivity contribution in [3.05, 3.63) is 25.7 Å². The van der Waals surface area contributed by atoms with Gasteiger partial charge < -0.3 is 5.32 Å². The van der Waals surface area contributed by atoms with Gasteiger partial charge in [0.05, 0.1) is 19.2 Å². The van der Waals surface area contributed by atoms with Crippen LogP contribution in [-0.4, -0.2) is 16.5 Å². The van der Waals surface area contributed by atoms with E-state index >= 15 is 0 Å². The van der Waals surface area contributed by atoms with Gasteiger partial charge in [-0.1, -0.05) is 11.6 Å². The summed E-state index contributed by atoms with van der Waals surface area (Å²) in [7, 11) is 0. The molecule has 2 aromatic rings. The highest BCUT2D eigenvalue weighted by Gasteiger charge is 2.29. The molecule has 100 valence electrons. The minimum atomic E-state index is 0.612. The van der Waals surface area contributed by atoms with Crippen molar-refractivity contribution >= 4 is 51.3 Å². The van der Waals surface area contributed by atoms with Crippen molar-refractivity contribution in [3.63, 3.8) is 0 Å². The maximum Gasteiger partial charge on any atom is 0.171 e. The first kappa shape index (κ1) is 13.6. The van der Waals surface area contributed by atoms with Crippen molar-refractivity contribution in [1.29, 1.82) is 0 Å². The number of anilines is 1. The lowest BCUT2D eigenvalue weighted by Crippen LogP contribution is -2.07. The second-order valence-corrected chi connectivity index (χ2v) is 6.96. The Morgan fingerprint density at radius 1 is 1.47 bits per heavy atom. The Kier molecular flexibility index (Phi) is 3.96. The number of thiophene rings is 1. The monoisotopic (exact) mass is 405 g/mol. The molecule has 1 N–H and O–H groups in total. The number of aromatic nitrogens is 2. The van der Waals surface area contributed by atoms with E-state index in [-0.39, 0.29) is 0 Å². The van der Waals surface area contributed by atoms with Crippen molar-refractivity contribution in [2.45, 2.75) is 25.7 Å². The lowest BCUT2D eigenvalue weighted by atomic mass is 10.2. The largest absolute Gasteiger partial charge is 0.369 e. The number of nitrogens with zero attached hydrogens (tertiary/aromatic N) is 2. The van der Waals surface area contributed by atoms with Gasteiger partial charge in [-0.15, -0.1) is 11.3 Å². The van der Waals surface area contributed by atoms with E-state index < -0.39 is 0 Å². The van der Waals surface area contributed by atoms with Crippen LogP contribution >= 0.6 is 45.5 Å². The van der Waals surface area contributed by atoms with Gasteiger partial charge in [-0.3, -0.25) is 0 Å². The Bertz CT molecular complexity index is 610. The van der Waals surface area contributed by atoms with E-state index in [1.165, 1.54) is 18.5 Å². The predicted octanol–water partition coefficient (Wildman–Crippen LogP) is 4.77. The SMILES string of the molecule is CCNc1nc(-c2cc(Cl)cs2)nc(C2CC2)c1I. The molecule has 0 saturated heterocycles. The molecule has 0 aromatic carbocycles. The smallest absolute Gasteiger partial charge is 0.171 e. The van der Waals surface area contributed by atoms with Crippen LogP contribution in [0, 0.1) is 3.57 Å². The molecule has 2 aromatic heterocycles. The van der Waals surface area contributed by atoms with Crippen LogP contribution < -0.4 is 5.32 Å². The molecule has 1 fully saturated rings. The molecule has 0 spiro atoms. The van der Waals surface area contributed by atoms with Crippen LogP contribution in [0.2, 0.25) is 5.02 Å². The van der Waals surface area contributed by atoms with Gasteiger partial charge in [0.1, 0.15) is 5.82 Å². The van der Waals surface area contributed by atoms with E-state index in [2.05, 4.69) is 39.8 Å². The number of nitrogens with one attached hydrogen (secondary N) is 1. The third-order valence-electron chi connectivity index (χ3n) is 2.97. The van der Waals surface area contributed by atoms with E-state index in [1.54, 1.807) is 11.3 Å². The van der Waals surface area contributed by atoms with Crippen LogP contribution in [0.25, 0.3) is 10.7 Å². The van der Waals surface area contributed by atoms with Crippen LogP contribution in [0.15, 0.2) is 11.4 Å². The molecule has 19 heavy (non-hydrogen) atoms. The van der Waals surface area contributed by atoms with E-state index in [4.69, 9.17) is 16.6 Å². The van der Waals surface area contributed by atoms with Gasteiger partial charge in [0.15, 0.2) is 5.82 Å². The third kappa shape index (κ3) is 2.87. The van der Waals surface area contributed by atoms with Crippen LogP contribution in [0.3, 0.4) is 0 Å². The zero-order valence-electron chi connectivity index (χ0n) is 10.4. The molecule has 0 aliphatic heterocycles. The Hall–Kier alpha value is -0.400. The summed E-state index contributed by atoms with van der Waals surface area (Å²) < 4.78 is 1.16. The van der Waals surface area contributed by atoms with Gasteiger partial charge >= 0.3 is 0 Å². The molecule has 0 bridgehead atoms. The van der Waals surface area contributed by atoms with Gasteiger partial charge in [0.2, 0.25) is 0 Å². The highest BCUT2D eigenvalue weighted by Crippen LogP contribution is 2.43. The first-order valence-corrected chi connectivity index (χ1v) is 8.58. The summed E-state index contributed by atoms with van der Waals surface area (Å²) in [6, 6.07) is 1.93. The lowest BCUT2D eigenvalue weighted by molar-refractivity contribution is 0.974. The maximum absolute atomic E-state index is 5.99. The zero-order valence-corrected chi connectivity index (χ0v) is 14.1. The van der Waals surface area contributed by atoms with Gasteiger partial charge in [-0.25, -0.2) is 9.97 Å². The summed E-state index contributed by atoms with van der Waals surface area (Å²) in [5.74, 6) is 2.34. The van der Waals surface area contributed by atoms with Crippen molar-refractivity contribution < 1.29 is 0 Å². The number of hydrogen-bond donors (Lipinski definition) is 1. The molecule has 3 nitrogen and oxygen atoms in total. The summed E-state index contributed by atoms with van der Waals surface area (Å²) in [5, 5.41) is 6.00. The van der Waals surface area contributed by atoms with Crippen molar-refractivity contribution in [2.24, 2.45) is 0 Å². The predicted molar refractivity (Wildman–Crippen MR) is 89.2 cm³/mol. The van der Waals surface area contributed by atoms with E-state index in [0.717, 1.165) is 31.7 Å². The average Bonchev–Trinajstić information content (AvgIpc) is 3.14. The van der Waals surface area contributed by atoms with Gasteiger partial charge in [0, 0.05) is 17.8 Å². The Labute approximate surface area is 135 Å². The molecule has 1 aliphatic carbocycles. The molecule has 2 heterocycles. The summed E-state index contributed by atoms with van der Waals surface area (Å²) in [6.07, 6.45) is 2.48. The molecular weight excluding hydrogens is 393 g/mol. The van der Waals surface area contributed by atoms with E-state index in [9.17, 15) is 0 Å². The molecule has 6 heteroatoms. The normalized spacial score (nSPS) is 14.7. The minimum absolute atomic E-state index is 0.612. The zero-order chi connectivity index (χ0) is 13.4. The molecule has 1 aliphatic rings.